The zero-order valence-electron chi connectivity index (χ0n) is 11.7. The van der Waals surface area contributed by atoms with Crippen LogP contribution in [0.2, 0.25) is 0 Å². The molecule has 0 aliphatic heterocycles. The van der Waals surface area contributed by atoms with Gasteiger partial charge in [0.15, 0.2) is 0 Å². The molecule has 0 radical (unpaired) electrons. The van der Waals surface area contributed by atoms with E-state index in [1.54, 1.807) is 0 Å². The van der Waals surface area contributed by atoms with Gasteiger partial charge in [-0.25, -0.2) is 0 Å². The Labute approximate surface area is 115 Å². The monoisotopic (exact) mass is 251 g/mol. The predicted octanol–water partition coefficient (Wildman–Crippen LogP) is 2.68. The third kappa shape index (κ3) is 2.65. The van der Waals surface area contributed by atoms with E-state index < -0.39 is 0 Å². The summed E-state index contributed by atoms with van der Waals surface area (Å²) in [6.07, 6.45) is 11.4. The molecule has 1 nitrogen and oxygen atoms in total. The van der Waals surface area contributed by atoms with E-state index >= 15 is 0 Å². The van der Waals surface area contributed by atoms with Crippen molar-refractivity contribution in [1.29, 1.82) is 0 Å². The third-order valence-corrected chi connectivity index (χ3v) is 3.89. The van der Waals surface area contributed by atoms with Crippen molar-refractivity contribution in [1.82, 2.24) is 5.32 Å². The topological polar surface area (TPSA) is 12.0 Å². The summed E-state index contributed by atoms with van der Waals surface area (Å²) in [7, 11) is 0. The Morgan fingerprint density at radius 1 is 1.11 bits per heavy atom. The number of hydrogen-bond acceptors (Lipinski definition) is 1. The summed E-state index contributed by atoms with van der Waals surface area (Å²) < 4.78 is 0. The second-order valence-corrected chi connectivity index (χ2v) is 5.77. The van der Waals surface area contributed by atoms with Gasteiger partial charge in [-0.1, -0.05) is 56.3 Å². The van der Waals surface area contributed by atoms with Gasteiger partial charge in [-0.3, -0.25) is 0 Å². The molecular formula is C18H21N. The van der Waals surface area contributed by atoms with Crippen molar-refractivity contribution in [2.24, 2.45) is 11.8 Å². The highest BCUT2D eigenvalue weighted by Gasteiger charge is 2.11. The second-order valence-electron chi connectivity index (χ2n) is 5.77. The molecule has 0 fully saturated rings. The summed E-state index contributed by atoms with van der Waals surface area (Å²) in [5.74, 6) is 1.27. The van der Waals surface area contributed by atoms with Gasteiger partial charge in [0.2, 0.25) is 0 Å². The van der Waals surface area contributed by atoms with Crippen LogP contribution in [0.3, 0.4) is 0 Å². The molecule has 2 unspecified atom stereocenters. The fourth-order valence-corrected chi connectivity index (χ4v) is 2.83. The molecule has 3 rings (SSSR count). The highest BCUT2D eigenvalue weighted by atomic mass is 14.9. The lowest BCUT2D eigenvalue weighted by molar-refractivity contribution is 0.717. The van der Waals surface area contributed by atoms with Crippen molar-refractivity contribution in [3.05, 3.63) is 58.6 Å². The van der Waals surface area contributed by atoms with Gasteiger partial charge in [0.1, 0.15) is 0 Å². The molecule has 1 aromatic carbocycles. The Bertz CT molecular complexity index is 649. The molecule has 2 aliphatic rings. The van der Waals surface area contributed by atoms with Crippen LogP contribution in [0, 0.1) is 11.8 Å². The number of benzene rings is 1. The highest BCUT2D eigenvalue weighted by Crippen LogP contribution is 2.18. The fraction of sp³-hybridized carbons (Fsp3) is 0.333. The minimum atomic E-state index is 0.601. The number of nitrogens with one attached hydrogen (secondary N) is 1. The van der Waals surface area contributed by atoms with Crippen molar-refractivity contribution in [2.75, 3.05) is 0 Å². The van der Waals surface area contributed by atoms with Gasteiger partial charge >= 0.3 is 0 Å². The molecule has 0 spiro atoms. The standard InChI is InChI=1S/C18H21N/c1-13-7-9-16(10-8-13)19-18-12-14(2)11-15-5-3-4-6-17(15)18/h3-7,9-11,13-14,19H,8,12H2,1-2H3. The fourth-order valence-electron chi connectivity index (χ4n) is 2.83. The van der Waals surface area contributed by atoms with Crippen LogP contribution >= 0.6 is 0 Å². The van der Waals surface area contributed by atoms with Crippen LogP contribution in [-0.2, 0) is 0 Å². The summed E-state index contributed by atoms with van der Waals surface area (Å²) in [4.78, 5) is 0. The van der Waals surface area contributed by atoms with E-state index in [2.05, 4.69) is 67.7 Å². The van der Waals surface area contributed by atoms with Crippen LogP contribution < -0.4 is 15.8 Å². The number of rotatable bonds is 2. The molecule has 1 N–H and O–H groups in total. The van der Waals surface area contributed by atoms with E-state index in [1.807, 2.05) is 0 Å². The summed E-state index contributed by atoms with van der Waals surface area (Å²) in [5, 5.41) is 6.35. The lowest BCUT2D eigenvalue weighted by Gasteiger charge is -2.20. The SMILES string of the molecule is CC1C=CC(NC2=c3ccccc3=CC(C)C2)=CC1. The highest BCUT2D eigenvalue weighted by molar-refractivity contribution is 5.53. The van der Waals surface area contributed by atoms with Crippen molar-refractivity contribution < 1.29 is 0 Å². The van der Waals surface area contributed by atoms with Gasteiger partial charge in [0, 0.05) is 16.6 Å². The number of fused-ring (bicyclic) bond motifs is 1. The molecule has 2 aliphatic carbocycles. The van der Waals surface area contributed by atoms with E-state index in [-0.39, 0.29) is 0 Å². The maximum absolute atomic E-state index is 3.64. The summed E-state index contributed by atoms with van der Waals surface area (Å²) >= 11 is 0. The lowest BCUT2D eigenvalue weighted by Crippen LogP contribution is -2.35. The molecule has 2 atom stereocenters. The van der Waals surface area contributed by atoms with Gasteiger partial charge in [-0.2, -0.15) is 0 Å². The molecule has 0 heterocycles. The first kappa shape index (κ1) is 12.3. The summed E-state index contributed by atoms with van der Waals surface area (Å²) in [6, 6.07) is 8.67. The molecule has 0 saturated carbocycles. The Hall–Kier alpha value is -1.76. The number of allylic oxidation sites excluding steroid dienone is 3. The van der Waals surface area contributed by atoms with Gasteiger partial charge in [0.25, 0.3) is 0 Å². The van der Waals surface area contributed by atoms with Gasteiger partial charge in [-0.05, 0) is 36.0 Å². The van der Waals surface area contributed by atoms with E-state index in [4.69, 9.17) is 0 Å². The maximum atomic E-state index is 3.64. The van der Waals surface area contributed by atoms with E-state index in [0.717, 1.165) is 12.8 Å². The molecule has 0 amide bonds. The Balaban J connectivity index is 1.97. The zero-order chi connectivity index (χ0) is 13.2. The Morgan fingerprint density at radius 2 is 1.95 bits per heavy atom. The van der Waals surface area contributed by atoms with Crippen LogP contribution in [0.15, 0.2) is 48.2 Å². The molecule has 19 heavy (non-hydrogen) atoms. The molecule has 98 valence electrons. The Kier molecular flexibility index (Phi) is 3.29. The van der Waals surface area contributed by atoms with Crippen LogP contribution in [-0.4, -0.2) is 0 Å². The van der Waals surface area contributed by atoms with E-state index in [0.29, 0.717) is 11.8 Å². The molecule has 0 aromatic heterocycles. The third-order valence-electron chi connectivity index (χ3n) is 3.89. The average molecular weight is 251 g/mol. The zero-order valence-corrected chi connectivity index (χ0v) is 11.7. The molecule has 1 aromatic rings. The summed E-state index contributed by atoms with van der Waals surface area (Å²) in [6.45, 7) is 4.54. The van der Waals surface area contributed by atoms with Crippen molar-refractivity contribution >= 4 is 11.8 Å². The largest absolute Gasteiger partial charge is 0.359 e. The maximum Gasteiger partial charge on any atom is 0.0338 e. The quantitative estimate of drug-likeness (QED) is 0.852. The van der Waals surface area contributed by atoms with Gasteiger partial charge in [0.05, 0.1) is 0 Å². The first-order valence-electron chi connectivity index (χ1n) is 7.18. The summed E-state index contributed by atoms with van der Waals surface area (Å²) in [5.41, 5.74) is 2.60. The van der Waals surface area contributed by atoms with Crippen LogP contribution in [0.1, 0.15) is 26.7 Å². The molecule has 0 saturated heterocycles. The van der Waals surface area contributed by atoms with Gasteiger partial charge in [-0.15, -0.1) is 0 Å². The van der Waals surface area contributed by atoms with Gasteiger partial charge < -0.3 is 5.32 Å². The Morgan fingerprint density at radius 3 is 2.74 bits per heavy atom. The van der Waals surface area contributed by atoms with Crippen LogP contribution in [0.5, 0.6) is 0 Å². The number of hydrogen-bond donors (Lipinski definition) is 1. The second kappa shape index (κ2) is 5.08. The van der Waals surface area contributed by atoms with E-state index in [9.17, 15) is 0 Å². The van der Waals surface area contributed by atoms with Crippen molar-refractivity contribution in [3.8, 4) is 0 Å². The minimum Gasteiger partial charge on any atom is -0.359 e. The van der Waals surface area contributed by atoms with Crippen molar-refractivity contribution in [3.63, 3.8) is 0 Å². The smallest absolute Gasteiger partial charge is 0.0338 e. The first-order chi connectivity index (χ1) is 9.22. The van der Waals surface area contributed by atoms with Crippen molar-refractivity contribution in [2.45, 2.75) is 26.7 Å². The first-order valence-corrected chi connectivity index (χ1v) is 7.18. The van der Waals surface area contributed by atoms with Crippen LogP contribution in [0.4, 0.5) is 0 Å². The lowest BCUT2D eigenvalue weighted by atomic mass is 9.95. The molecule has 1 heteroatoms. The average Bonchev–Trinajstić information content (AvgIpc) is 2.41. The van der Waals surface area contributed by atoms with Crippen LogP contribution in [0.25, 0.3) is 11.8 Å². The predicted molar refractivity (Wildman–Crippen MR) is 81.5 cm³/mol. The normalized spacial score (nSPS) is 25.4. The minimum absolute atomic E-state index is 0.601. The molecule has 0 bridgehead atoms. The molecular weight excluding hydrogens is 230 g/mol. The van der Waals surface area contributed by atoms with E-state index in [1.165, 1.54) is 21.8 Å².